The first-order valence-corrected chi connectivity index (χ1v) is 17.4. The molecule has 5 amide bonds. The zero-order chi connectivity index (χ0) is 38.5. The van der Waals surface area contributed by atoms with Crippen LogP contribution >= 0.6 is 0 Å². The molecule has 13 N–H and O–H groups in total. The van der Waals surface area contributed by atoms with Gasteiger partial charge < -0.3 is 54.0 Å². The van der Waals surface area contributed by atoms with E-state index in [9.17, 15) is 39.0 Å². The first kappa shape index (κ1) is 44.5. The van der Waals surface area contributed by atoms with Crippen LogP contribution in [-0.4, -0.2) is 95.1 Å². The van der Waals surface area contributed by atoms with Crippen LogP contribution in [0.4, 0.5) is 0 Å². The minimum absolute atomic E-state index is 0.00766. The second kappa shape index (κ2) is 23.8. The highest BCUT2D eigenvalue weighted by Gasteiger charge is 2.32. The van der Waals surface area contributed by atoms with E-state index in [-0.39, 0.29) is 43.8 Å². The zero-order valence-electron chi connectivity index (χ0n) is 30.0. The monoisotopic (exact) mass is 718 g/mol. The van der Waals surface area contributed by atoms with E-state index < -0.39 is 71.8 Å². The van der Waals surface area contributed by atoms with Gasteiger partial charge in [0.25, 0.3) is 0 Å². The Morgan fingerprint density at radius 1 is 0.686 bits per heavy atom. The number of carbonyl (C=O) groups excluding carboxylic acids is 5. The van der Waals surface area contributed by atoms with E-state index in [2.05, 4.69) is 33.2 Å². The van der Waals surface area contributed by atoms with Gasteiger partial charge in [0.2, 0.25) is 29.5 Å². The quantitative estimate of drug-likeness (QED) is 0.0462. The molecule has 0 radical (unpaired) electrons. The SMILES string of the molecule is C=CC[C@H](NC(=O)[C@H](CCCCN)NC(=O)[C@H](CCCCN)NC(=O)[C@H](C)N)C(=O)N[C@@H](Cc1ccc(O)cc1)C(=O)N[C@@H](CC(C)C)C(=O)O. The standard InChI is InChI=1S/C35H58N8O8/c1-5-10-25(31(46)42-28(20-23-13-15-24(44)16-14-23)34(49)43-29(35(50)51)19-21(2)3)40-33(48)27(12-7-9-18-37)41-32(47)26(11-6-8-17-36)39-30(45)22(4)38/h5,13-16,21-22,25-29,44H,1,6-12,17-20,36-38H2,2-4H3,(H,39,45)(H,40,48)(H,41,47)(H,42,46)(H,43,49)(H,50,51)/t22-,25-,26-,27-,28-,29-/m0/s1. The van der Waals surface area contributed by atoms with E-state index in [4.69, 9.17) is 17.2 Å². The molecule has 0 bridgehead atoms. The maximum atomic E-state index is 13.7. The summed E-state index contributed by atoms with van der Waals surface area (Å²) in [5.41, 5.74) is 17.5. The first-order valence-electron chi connectivity index (χ1n) is 17.4. The number of hydrogen-bond donors (Lipinski definition) is 10. The van der Waals surface area contributed by atoms with Gasteiger partial charge in [0, 0.05) is 6.42 Å². The van der Waals surface area contributed by atoms with Gasteiger partial charge in [-0.25, -0.2) is 4.79 Å². The molecule has 0 aromatic heterocycles. The Balaban J connectivity index is 3.29. The van der Waals surface area contributed by atoms with Crippen molar-refractivity contribution in [3.63, 3.8) is 0 Å². The summed E-state index contributed by atoms with van der Waals surface area (Å²) in [4.78, 5) is 78.5. The predicted octanol–water partition coefficient (Wildman–Crippen LogP) is -0.329. The molecule has 0 aliphatic carbocycles. The maximum Gasteiger partial charge on any atom is 0.326 e. The van der Waals surface area contributed by atoms with Crippen molar-refractivity contribution < 1.29 is 39.0 Å². The minimum Gasteiger partial charge on any atom is -0.508 e. The average Bonchev–Trinajstić information content (AvgIpc) is 3.07. The maximum absolute atomic E-state index is 13.7. The van der Waals surface area contributed by atoms with Crippen LogP contribution in [0.1, 0.15) is 77.7 Å². The van der Waals surface area contributed by atoms with E-state index in [1.54, 1.807) is 12.1 Å². The van der Waals surface area contributed by atoms with Gasteiger partial charge in [0.15, 0.2) is 0 Å². The molecule has 0 aliphatic heterocycles. The van der Waals surface area contributed by atoms with Gasteiger partial charge >= 0.3 is 5.97 Å². The van der Waals surface area contributed by atoms with E-state index in [1.807, 2.05) is 13.8 Å². The van der Waals surface area contributed by atoms with Crippen molar-refractivity contribution in [1.29, 1.82) is 0 Å². The number of aromatic hydroxyl groups is 1. The summed E-state index contributed by atoms with van der Waals surface area (Å²) in [7, 11) is 0. The molecule has 16 heteroatoms. The van der Waals surface area contributed by atoms with Crippen molar-refractivity contribution >= 4 is 35.5 Å². The summed E-state index contributed by atoms with van der Waals surface area (Å²) in [6.07, 6.45) is 4.03. The fraction of sp³-hybridized carbons (Fsp3) is 0.600. The average molecular weight is 719 g/mol. The molecule has 0 heterocycles. The number of carbonyl (C=O) groups is 6. The molecule has 0 saturated heterocycles. The number of carboxylic acids is 1. The van der Waals surface area contributed by atoms with Gasteiger partial charge in [-0.05, 0) is 95.0 Å². The van der Waals surface area contributed by atoms with Crippen LogP contribution in [-0.2, 0) is 35.2 Å². The number of benzene rings is 1. The molecule has 1 aromatic rings. The molecule has 0 saturated carbocycles. The summed E-state index contributed by atoms with van der Waals surface area (Å²) in [6.45, 7) is 9.52. The van der Waals surface area contributed by atoms with Gasteiger partial charge in [-0.1, -0.05) is 32.1 Å². The number of carboxylic acid groups (broad SMARTS) is 1. The molecule has 0 unspecified atom stereocenters. The normalized spacial score (nSPS) is 14.6. The lowest BCUT2D eigenvalue weighted by atomic mass is 10.0. The summed E-state index contributed by atoms with van der Waals surface area (Å²) in [5, 5.41) is 32.5. The molecule has 1 rings (SSSR count). The molecule has 6 atom stereocenters. The Kier molecular flexibility index (Phi) is 20.7. The van der Waals surface area contributed by atoms with E-state index >= 15 is 0 Å². The zero-order valence-corrected chi connectivity index (χ0v) is 30.0. The van der Waals surface area contributed by atoms with Crippen LogP contribution in [0.5, 0.6) is 5.75 Å². The van der Waals surface area contributed by atoms with Crippen LogP contribution < -0.4 is 43.8 Å². The molecule has 51 heavy (non-hydrogen) atoms. The summed E-state index contributed by atoms with van der Waals surface area (Å²) >= 11 is 0. The Morgan fingerprint density at radius 2 is 1.12 bits per heavy atom. The van der Waals surface area contributed by atoms with Gasteiger partial charge in [-0.3, -0.25) is 24.0 Å². The van der Waals surface area contributed by atoms with Crippen LogP contribution in [0.15, 0.2) is 36.9 Å². The van der Waals surface area contributed by atoms with Crippen LogP contribution in [0.3, 0.4) is 0 Å². The molecule has 0 spiro atoms. The van der Waals surface area contributed by atoms with E-state index in [0.717, 1.165) is 0 Å². The number of phenols is 1. The largest absolute Gasteiger partial charge is 0.508 e. The molecule has 0 fully saturated rings. The van der Waals surface area contributed by atoms with Gasteiger partial charge in [0.05, 0.1) is 6.04 Å². The van der Waals surface area contributed by atoms with E-state index in [0.29, 0.717) is 44.3 Å². The molecule has 286 valence electrons. The van der Waals surface area contributed by atoms with Gasteiger partial charge in [0.1, 0.15) is 36.0 Å². The Hall–Kier alpha value is -4.54. The molecule has 16 nitrogen and oxygen atoms in total. The number of aliphatic carboxylic acids is 1. The molecule has 0 aliphatic rings. The van der Waals surface area contributed by atoms with Gasteiger partial charge in [-0.2, -0.15) is 0 Å². The van der Waals surface area contributed by atoms with E-state index in [1.165, 1.54) is 25.1 Å². The number of unbranched alkanes of at least 4 members (excludes halogenated alkanes) is 2. The fourth-order valence-corrected chi connectivity index (χ4v) is 5.08. The number of amides is 5. The van der Waals surface area contributed by atoms with Crippen molar-refractivity contribution in [2.24, 2.45) is 23.1 Å². The number of phenolic OH excluding ortho intramolecular Hbond substituents is 1. The summed E-state index contributed by atoms with van der Waals surface area (Å²) in [5.74, 6) is -4.65. The van der Waals surface area contributed by atoms with Crippen molar-refractivity contribution in [2.75, 3.05) is 13.1 Å². The van der Waals surface area contributed by atoms with Crippen LogP contribution in [0, 0.1) is 5.92 Å². The van der Waals surface area contributed by atoms with Crippen LogP contribution in [0.25, 0.3) is 0 Å². The molecule has 1 aromatic carbocycles. The summed E-state index contributed by atoms with van der Waals surface area (Å²) in [6, 6.07) is -0.744. The third-order valence-corrected chi connectivity index (χ3v) is 7.94. The summed E-state index contributed by atoms with van der Waals surface area (Å²) < 4.78 is 0. The van der Waals surface area contributed by atoms with Crippen molar-refractivity contribution in [2.45, 2.75) is 115 Å². The number of nitrogens with two attached hydrogens (primary N) is 3. The minimum atomic E-state index is -1.26. The highest BCUT2D eigenvalue weighted by Crippen LogP contribution is 2.13. The lowest BCUT2D eigenvalue weighted by molar-refractivity contribution is -0.142. The highest BCUT2D eigenvalue weighted by atomic mass is 16.4. The Bertz CT molecular complexity index is 1290. The first-order chi connectivity index (χ1) is 24.1. The predicted molar refractivity (Wildman–Crippen MR) is 193 cm³/mol. The number of nitrogens with one attached hydrogen (secondary N) is 5. The lowest BCUT2D eigenvalue weighted by Crippen LogP contribution is -2.59. The topological polar surface area (TPSA) is 281 Å². The Labute approximate surface area is 300 Å². The number of rotatable bonds is 25. The molecular formula is C35H58N8O8. The van der Waals surface area contributed by atoms with Crippen molar-refractivity contribution in [1.82, 2.24) is 26.6 Å². The second-order valence-electron chi connectivity index (χ2n) is 13.0. The smallest absolute Gasteiger partial charge is 0.326 e. The Morgan fingerprint density at radius 3 is 1.57 bits per heavy atom. The lowest BCUT2D eigenvalue weighted by Gasteiger charge is -2.27. The van der Waals surface area contributed by atoms with Crippen molar-refractivity contribution in [3.05, 3.63) is 42.5 Å². The highest BCUT2D eigenvalue weighted by molar-refractivity contribution is 5.96. The van der Waals surface area contributed by atoms with Crippen molar-refractivity contribution in [3.8, 4) is 5.75 Å². The number of hydrogen-bond acceptors (Lipinski definition) is 10. The van der Waals surface area contributed by atoms with Gasteiger partial charge in [-0.15, -0.1) is 6.58 Å². The fourth-order valence-electron chi connectivity index (χ4n) is 5.08. The third-order valence-electron chi connectivity index (χ3n) is 7.94. The molecular weight excluding hydrogens is 660 g/mol. The van der Waals surface area contributed by atoms with Crippen LogP contribution in [0.2, 0.25) is 0 Å². The second-order valence-corrected chi connectivity index (χ2v) is 13.0. The third kappa shape index (κ3) is 17.3.